The molecule has 2 nitrogen and oxygen atoms in total. The molecule has 1 fully saturated rings. The molecule has 0 radical (unpaired) electrons. The molecule has 110 valence electrons. The Balaban J connectivity index is 1.85. The highest BCUT2D eigenvalue weighted by Gasteiger charge is 2.21. The average Bonchev–Trinajstić information content (AvgIpc) is 3.22. The summed E-state index contributed by atoms with van der Waals surface area (Å²) in [6.07, 6.45) is 2.43. The maximum atomic E-state index is 13.4. The maximum absolute atomic E-state index is 13.4. The second-order valence-corrected chi connectivity index (χ2v) is 6.41. The number of rotatable bonds is 5. The zero-order chi connectivity index (χ0) is 14.8. The topological polar surface area (TPSA) is 21.3 Å². The molecule has 3 rings (SSSR count). The monoisotopic (exact) mass is 369 g/mol. The van der Waals surface area contributed by atoms with Crippen LogP contribution in [-0.4, -0.2) is 6.04 Å². The van der Waals surface area contributed by atoms with Gasteiger partial charge in [-0.3, -0.25) is 0 Å². The molecule has 0 amide bonds. The predicted octanol–water partition coefficient (Wildman–Crippen LogP) is 5.29. The number of hydrogen-bond acceptors (Lipinski definition) is 2. The van der Waals surface area contributed by atoms with Crippen molar-refractivity contribution in [1.82, 2.24) is 5.32 Å². The minimum absolute atomic E-state index is 0.357. The number of para-hydroxylation sites is 1. The molecule has 0 unspecified atom stereocenters. The number of benzene rings is 2. The van der Waals surface area contributed by atoms with Crippen LogP contribution in [0.1, 0.15) is 18.4 Å². The Hall–Kier alpha value is -1.10. The van der Waals surface area contributed by atoms with Gasteiger partial charge in [0.05, 0.1) is 5.02 Å². The van der Waals surface area contributed by atoms with Gasteiger partial charge in [-0.25, -0.2) is 4.39 Å². The normalized spacial score (nSPS) is 14.2. The largest absolute Gasteiger partial charge is 0.455 e. The van der Waals surface area contributed by atoms with Crippen molar-refractivity contribution in [2.45, 2.75) is 25.4 Å². The van der Waals surface area contributed by atoms with Crippen molar-refractivity contribution in [2.75, 3.05) is 0 Å². The Morgan fingerprint density at radius 1 is 1.29 bits per heavy atom. The van der Waals surface area contributed by atoms with Crippen molar-refractivity contribution in [2.24, 2.45) is 0 Å². The highest BCUT2D eigenvalue weighted by Crippen LogP contribution is 2.34. The van der Waals surface area contributed by atoms with Crippen LogP contribution in [0, 0.1) is 5.82 Å². The molecule has 0 aromatic heterocycles. The van der Waals surface area contributed by atoms with E-state index in [9.17, 15) is 4.39 Å². The maximum Gasteiger partial charge on any atom is 0.150 e. The molecule has 0 atom stereocenters. The first-order valence-corrected chi connectivity index (χ1v) is 7.93. The van der Waals surface area contributed by atoms with Crippen LogP contribution in [0.3, 0.4) is 0 Å². The van der Waals surface area contributed by atoms with Crippen molar-refractivity contribution < 1.29 is 9.13 Å². The molecular weight excluding hydrogens is 357 g/mol. The van der Waals surface area contributed by atoms with Gasteiger partial charge in [-0.2, -0.15) is 0 Å². The molecule has 1 aliphatic rings. The molecule has 1 N–H and O–H groups in total. The Kier molecular flexibility index (Phi) is 4.48. The van der Waals surface area contributed by atoms with Crippen molar-refractivity contribution >= 4 is 27.5 Å². The van der Waals surface area contributed by atoms with E-state index in [-0.39, 0.29) is 5.82 Å². The van der Waals surface area contributed by atoms with E-state index in [1.54, 1.807) is 12.1 Å². The average molecular weight is 371 g/mol. The molecule has 0 heterocycles. The Bertz CT molecular complexity index is 640. The van der Waals surface area contributed by atoms with Crippen LogP contribution in [0.5, 0.6) is 11.5 Å². The highest BCUT2D eigenvalue weighted by atomic mass is 79.9. The van der Waals surface area contributed by atoms with Crippen LogP contribution in [-0.2, 0) is 6.54 Å². The lowest BCUT2D eigenvalue weighted by Crippen LogP contribution is -2.15. The summed E-state index contributed by atoms with van der Waals surface area (Å²) >= 11 is 9.49. The van der Waals surface area contributed by atoms with E-state index in [0.717, 1.165) is 5.56 Å². The lowest BCUT2D eigenvalue weighted by atomic mass is 10.2. The first-order valence-electron chi connectivity index (χ1n) is 6.76. The summed E-state index contributed by atoms with van der Waals surface area (Å²) in [5, 5.41) is 3.95. The van der Waals surface area contributed by atoms with Crippen molar-refractivity contribution in [3.8, 4) is 11.5 Å². The third-order valence-electron chi connectivity index (χ3n) is 3.26. The molecule has 1 aliphatic carbocycles. The minimum atomic E-state index is -0.357. The first-order chi connectivity index (χ1) is 10.1. The van der Waals surface area contributed by atoms with Gasteiger partial charge in [-0.1, -0.05) is 39.7 Å². The summed E-state index contributed by atoms with van der Waals surface area (Å²) in [7, 11) is 0. The second-order valence-electron chi connectivity index (χ2n) is 5.09. The minimum Gasteiger partial charge on any atom is -0.455 e. The third kappa shape index (κ3) is 3.96. The fraction of sp³-hybridized carbons (Fsp3) is 0.250. The molecular formula is C16H14BrClFNO. The Morgan fingerprint density at radius 2 is 2.10 bits per heavy atom. The van der Waals surface area contributed by atoms with Crippen molar-refractivity contribution in [1.29, 1.82) is 0 Å². The number of ether oxygens (including phenoxy) is 1. The zero-order valence-electron chi connectivity index (χ0n) is 11.2. The molecule has 5 heteroatoms. The van der Waals surface area contributed by atoms with Gasteiger partial charge in [0, 0.05) is 28.7 Å². The molecule has 1 saturated carbocycles. The SMILES string of the molecule is Fc1cc(Br)cc(Oc2c(Cl)cccc2CNC2CC2)c1. The van der Waals surface area contributed by atoms with E-state index in [1.807, 2.05) is 12.1 Å². The highest BCUT2D eigenvalue weighted by molar-refractivity contribution is 9.10. The van der Waals surface area contributed by atoms with Gasteiger partial charge in [0.1, 0.15) is 17.3 Å². The molecule has 0 spiro atoms. The van der Waals surface area contributed by atoms with Crippen molar-refractivity contribution in [3.05, 3.63) is 57.3 Å². The lowest BCUT2D eigenvalue weighted by Gasteiger charge is -2.13. The van der Waals surface area contributed by atoms with Crippen LogP contribution in [0.2, 0.25) is 5.02 Å². The third-order valence-corrected chi connectivity index (χ3v) is 4.02. The summed E-state index contributed by atoms with van der Waals surface area (Å²) in [5.74, 6) is 0.636. The molecule has 2 aromatic rings. The van der Waals surface area contributed by atoms with Gasteiger partial charge < -0.3 is 10.1 Å². The second kappa shape index (κ2) is 6.34. The summed E-state index contributed by atoms with van der Waals surface area (Å²) in [6.45, 7) is 0.692. The van der Waals surface area contributed by atoms with Crippen LogP contribution in [0.15, 0.2) is 40.9 Å². The van der Waals surface area contributed by atoms with Crippen molar-refractivity contribution in [3.63, 3.8) is 0 Å². The van der Waals surface area contributed by atoms with Crippen LogP contribution >= 0.6 is 27.5 Å². The smallest absolute Gasteiger partial charge is 0.150 e. The quantitative estimate of drug-likeness (QED) is 0.772. The fourth-order valence-electron chi connectivity index (χ4n) is 2.05. The van der Waals surface area contributed by atoms with Gasteiger partial charge in [0.15, 0.2) is 0 Å². The van der Waals surface area contributed by atoms with E-state index in [2.05, 4.69) is 21.2 Å². The molecule has 0 saturated heterocycles. The summed E-state index contributed by atoms with van der Waals surface area (Å²) in [5.41, 5.74) is 0.967. The van der Waals surface area contributed by atoms with E-state index in [0.29, 0.717) is 33.6 Å². The molecule has 2 aromatic carbocycles. The van der Waals surface area contributed by atoms with Gasteiger partial charge in [-0.05, 0) is 31.0 Å². The van der Waals surface area contributed by atoms with Crippen LogP contribution in [0.25, 0.3) is 0 Å². The summed E-state index contributed by atoms with van der Waals surface area (Å²) < 4.78 is 19.9. The summed E-state index contributed by atoms with van der Waals surface area (Å²) in [4.78, 5) is 0. The molecule has 0 bridgehead atoms. The van der Waals surface area contributed by atoms with Gasteiger partial charge in [0.2, 0.25) is 0 Å². The van der Waals surface area contributed by atoms with Gasteiger partial charge in [-0.15, -0.1) is 0 Å². The van der Waals surface area contributed by atoms with E-state index in [4.69, 9.17) is 16.3 Å². The Labute approximate surface area is 136 Å². The van der Waals surface area contributed by atoms with E-state index < -0.39 is 0 Å². The summed E-state index contributed by atoms with van der Waals surface area (Å²) in [6, 6.07) is 10.7. The fourth-order valence-corrected chi connectivity index (χ4v) is 2.73. The number of halogens is 3. The molecule has 0 aliphatic heterocycles. The van der Waals surface area contributed by atoms with Crippen LogP contribution < -0.4 is 10.1 Å². The van der Waals surface area contributed by atoms with E-state index >= 15 is 0 Å². The van der Waals surface area contributed by atoms with Gasteiger partial charge >= 0.3 is 0 Å². The van der Waals surface area contributed by atoms with Gasteiger partial charge in [0.25, 0.3) is 0 Å². The molecule has 21 heavy (non-hydrogen) atoms. The first kappa shape index (κ1) is 14.8. The standard InChI is InChI=1S/C16H14BrClFNO/c17-11-6-12(19)8-14(7-11)21-16-10(2-1-3-15(16)18)9-20-13-4-5-13/h1-3,6-8,13,20H,4-5,9H2. The lowest BCUT2D eigenvalue weighted by molar-refractivity contribution is 0.467. The van der Waals surface area contributed by atoms with Crippen LogP contribution in [0.4, 0.5) is 4.39 Å². The zero-order valence-corrected chi connectivity index (χ0v) is 13.5. The van der Waals surface area contributed by atoms with E-state index in [1.165, 1.54) is 25.0 Å². The number of hydrogen-bond donors (Lipinski definition) is 1. The Morgan fingerprint density at radius 3 is 2.81 bits per heavy atom. The number of nitrogens with one attached hydrogen (secondary N) is 1. The predicted molar refractivity (Wildman–Crippen MR) is 85.5 cm³/mol.